The Labute approximate surface area is 112 Å². The van der Waals surface area contributed by atoms with Gasteiger partial charge in [-0.1, -0.05) is 38.8 Å². The van der Waals surface area contributed by atoms with Crippen LogP contribution in [0.2, 0.25) is 0 Å². The molecule has 0 bridgehead atoms. The fourth-order valence-electron chi connectivity index (χ4n) is 2.73. The molecule has 0 spiro atoms. The Morgan fingerprint density at radius 3 is 2.17 bits per heavy atom. The summed E-state index contributed by atoms with van der Waals surface area (Å²) in [6.07, 6.45) is 9.49. The molecule has 0 radical (unpaired) electrons. The van der Waals surface area contributed by atoms with Gasteiger partial charge in [0.25, 0.3) is 0 Å². The van der Waals surface area contributed by atoms with Gasteiger partial charge in [0.05, 0.1) is 6.10 Å². The summed E-state index contributed by atoms with van der Waals surface area (Å²) >= 11 is 0. The number of benzene rings is 1. The van der Waals surface area contributed by atoms with Gasteiger partial charge in [0, 0.05) is 0 Å². The molecule has 0 atom stereocenters. The number of hydrogen-bond acceptors (Lipinski definition) is 1. The summed E-state index contributed by atoms with van der Waals surface area (Å²) in [6, 6.07) is 8.71. The Morgan fingerprint density at radius 2 is 1.61 bits per heavy atom. The van der Waals surface area contributed by atoms with Crippen molar-refractivity contribution in [2.75, 3.05) is 0 Å². The lowest BCUT2D eigenvalue weighted by Crippen LogP contribution is -2.14. The summed E-state index contributed by atoms with van der Waals surface area (Å²) in [5.41, 5.74) is 1.42. The van der Waals surface area contributed by atoms with E-state index in [9.17, 15) is 0 Å². The van der Waals surface area contributed by atoms with Gasteiger partial charge in [0.15, 0.2) is 0 Å². The summed E-state index contributed by atoms with van der Waals surface area (Å²) in [6.45, 7) is 4.52. The van der Waals surface area contributed by atoms with Crippen LogP contribution in [0.5, 0.6) is 5.75 Å². The SMILES string of the molecule is CC(C)Cc1ccc(OC2CCCCCC2)cc1. The summed E-state index contributed by atoms with van der Waals surface area (Å²) in [7, 11) is 0. The molecule has 1 saturated carbocycles. The molecule has 1 aliphatic rings. The molecule has 1 aromatic carbocycles. The van der Waals surface area contributed by atoms with Crippen LogP contribution in [0, 0.1) is 5.92 Å². The maximum absolute atomic E-state index is 6.10. The smallest absolute Gasteiger partial charge is 0.119 e. The van der Waals surface area contributed by atoms with Crippen molar-refractivity contribution in [2.24, 2.45) is 5.92 Å². The molecule has 100 valence electrons. The summed E-state index contributed by atoms with van der Waals surface area (Å²) < 4.78 is 6.10. The first-order valence-electron chi connectivity index (χ1n) is 7.49. The van der Waals surface area contributed by atoms with Crippen LogP contribution < -0.4 is 4.74 Å². The van der Waals surface area contributed by atoms with Crippen LogP contribution in [0.25, 0.3) is 0 Å². The van der Waals surface area contributed by atoms with E-state index in [-0.39, 0.29) is 0 Å². The van der Waals surface area contributed by atoms with Gasteiger partial charge in [-0.3, -0.25) is 0 Å². The maximum Gasteiger partial charge on any atom is 0.119 e. The quantitative estimate of drug-likeness (QED) is 0.680. The van der Waals surface area contributed by atoms with Crippen molar-refractivity contribution < 1.29 is 4.74 Å². The molecule has 18 heavy (non-hydrogen) atoms. The molecule has 0 N–H and O–H groups in total. The van der Waals surface area contributed by atoms with E-state index in [4.69, 9.17) is 4.74 Å². The molecule has 0 aliphatic heterocycles. The van der Waals surface area contributed by atoms with Crippen LogP contribution in [0.1, 0.15) is 57.9 Å². The Kier molecular flexibility index (Phi) is 5.10. The zero-order valence-corrected chi connectivity index (χ0v) is 11.8. The number of hydrogen-bond donors (Lipinski definition) is 0. The van der Waals surface area contributed by atoms with Gasteiger partial charge >= 0.3 is 0 Å². The molecule has 0 unspecified atom stereocenters. The molecule has 0 amide bonds. The Bertz CT molecular complexity index is 331. The van der Waals surface area contributed by atoms with E-state index in [1.54, 1.807) is 0 Å². The summed E-state index contributed by atoms with van der Waals surface area (Å²) in [4.78, 5) is 0. The highest BCUT2D eigenvalue weighted by molar-refractivity contribution is 5.27. The van der Waals surface area contributed by atoms with Crippen LogP contribution in [-0.2, 0) is 6.42 Å². The van der Waals surface area contributed by atoms with Crippen LogP contribution in [0.15, 0.2) is 24.3 Å². The van der Waals surface area contributed by atoms with Crippen molar-refractivity contribution in [3.63, 3.8) is 0 Å². The summed E-state index contributed by atoms with van der Waals surface area (Å²) in [5, 5.41) is 0. The third kappa shape index (κ3) is 4.36. The van der Waals surface area contributed by atoms with E-state index in [0.29, 0.717) is 6.10 Å². The second-order valence-corrected chi connectivity index (χ2v) is 5.97. The second-order valence-electron chi connectivity index (χ2n) is 5.97. The Morgan fingerprint density at radius 1 is 1.00 bits per heavy atom. The fraction of sp³-hybridized carbons (Fsp3) is 0.647. The predicted molar refractivity (Wildman–Crippen MR) is 77.1 cm³/mol. The van der Waals surface area contributed by atoms with Crippen LogP contribution in [0.4, 0.5) is 0 Å². The van der Waals surface area contributed by atoms with E-state index < -0.39 is 0 Å². The van der Waals surface area contributed by atoms with Gasteiger partial charge in [-0.05, 0) is 55.7 Å². The predicted octanol–water partition coefficient (Wildman–Crippen LogP) is 4.99. The highest BCUT2D eigenvalue weighted by Gasteiger charge is 2.13. The van der Waals surface area contributed by atoms with E-state index in [2.05, 4.69) is 38.1 Å². The lowest BCUT2D eigenvalue weighted by molar-refractivity contribution is 0.183. The highest BCUT2D eigenvalue weighted by Crippen LogP contribution is 2.23. The molecule has 0 saturated heterocycles. The van der Waals surface area contributed by atoms with Gasteiger partial charge in [0.1, 0.15) is 5.75 Å². The van der Waals surface area contributed by atoms with Gasteiger partial charge in [-0.15, -0.1) is 0 Å². The molecule has 1 fully saturated rings. The molecular weight excluding hydrogens is 220 g/mol. The first kappa shape index (κ1) is 13.5. The summed E-state index contributed by atoms with van der Waals surface area (Å²) in [5.74, 6) is 1.77. The van der Waals surface area contributed by atoms with Crippen LogP contribution >= 0.6 is 0 Å². The van der Waals surface area contributed by atoms with E-state index in [1.165, 1.54) is 44.1 Å². The zero-order chi connectivity index (χ0) is 12.8. The molecule has 1 nitrogen and oxygen atoms in total. The minimum atomic E-state index is 0.448. The van der Waals surface area contributed by atoms with Crippen LogP contribution in [0.3, 0.4) is 0 Å². The topological polar surface area (TPSA) is 9.23 Å². The first-order valence-corrected chi connectivity index (χ1v) is 7.49. The Balaban J connectivity index is 1.88. The van der Waals surface area contributed by atoms with E-state index >= 15 is 0 Å². The van der Waals surface area contributed by atoms with Gasteiger partial charge < -0.3 is 4.74 Å². The normalized spacial score (nSPS) is 17.7. The van der Waals surface area contributed by atoms with Crippen molar-refractivity contribution in [3.8, 4) is 5.75 Å². The molecule has 2 rings (SSSR count). The van der Waals surface area contributed by atoms with E-state index in [1.807, 2.05) is 0 Å². The van der Waals surface area contributed by atoms with Crippen molar-refractivity contribution in [1.29, 1.82) is 0 Å². The van der Waals surface area contributed by atoms with Crippen molar-refractivity contribution >= 4 is 0 Å². The first-order chi connectivity index (χ1) is 8.74. The molecule has 1 aliphatic carbocycles. The minimum Gasteiger partial charge on any atom is -0.490 e. The fourth-order valence-corrected chi connectivity index (χ4v) is 2.73. The molecular formula is C17H26O. The van der Waals surface area contributed by atoms with Gasteiger partial charge in [-0.2, -0.15) is 0 Å². The number of rotatable bonds is 4. The van der Waals surface area contributed by atoms with Gasteiger partial charge in [0.2, 0.25) is 0 Å². The average molecular weight is 246 g/mol. The lowest BCUT2D eigenvalue weighted by Gasteiger charge is -2.17. The van der Waals surface area contributed by atoms with Crippen LogP contribution in [-0.4, -0.2) is 6.10 Å². The molecule has 0 aromatic heterocycles. The monoisotopic (exact) mass is 246 g/mol. The molecule has 1 heteroatoms. The molecule has 1 aromatic rings. The average Bonchev–Trinajstić information content (AvgIpc) is 2.60. The third-order valence-corrected chi connectivity index (χ3v) is 3.67. The van der Waals surface area contributed by atoms with Crippen molar-refractivity contribution in [1.82, 2.24) is 0 Å². The second kappa shape index (κ2) is 6.82. The Hall–Kier alpha value is -0.980. The number of ether oxygens (including phenoxy) is 1. The zero-order valence-electron chi connectivity index (χ0n) is 11.8. The third-order valence-electron chi connectivity index (χ3n) is 3.67. The maximum atomic E-state index is 6.10. The van der Waals surface area contributed by atoms with Crippen molar-refractivity contribution in [2.45, 2.75) is 64.9 Å². The molecule has 0 heterocycles. The lowest BCUT2D eigenvalue weighted by atomic mass is 10.0. The standard InChI is InChI=1S/C17H26O/c1-14(2)13-15-9-11-17(12-10-15)18-16-7-5-3-4-6-8-16/h9-12,14,16H,3-8,13H2,1-2H3. The van der Waals surface area contributed by atoms with E-state index in [0.717, 1.165) is 18.1 Å². The highest BCUT2D eigenvalue weighted by atomic mass is 16.5. The van der Waals surface area contributed by atoms with Gasteiger partial charge in [-0.25, -0.2) is 0 Å². The minimum absolute atomic E-state index is 0.448. The van der Waals surface area contributed by atoms with Crippen molar-refractivity contribution in [3.05, 3.63) is 29.8 Å². The largest absolute Gasteiger partial charge is 0.490 e.